The first kappa shape index (κ1) is 16.8. The molecule has 2 nitrogen and oxygen atoms in total. The normalized spacial score (nSPS) is 19.6. The molecule has 0 saturated heterocycles. The van der Waals surface area contributed by atoms with Crippen molar-refractivity contribution in [2.75, 3.05) is 11.9 Å². The Balaban J connectivity index is 1.97. The zero-order valence-electron chi connectivity index (χ0n) is 15.7. The molecule has 0 aliphatic carbocycles. The summed E-state index contributed by atoms with van der Waals surface area (Å²) in [6, 6.07) is 13.0. The van der Waals surface area contributed by atoms with E-state index in [9.17, 15) is 0 Å². The van der Waals surface area contributed by atoms with Crippen LogP contribution in [0.15, 0.2) is 41.4 Å². The molecule has 0 fully saturated rings. The molecular weight excluding hydrogens is 292 g/mol. The van der Waals surface area contributed by atoms with E-state index in [4.69, 9.17) is 0 Å². The Morgan fingerprint density at radius 1 is 1.12 bits per heavy atom. The highest BCUT2D eigenvalue weighted by atomic mass is 15.2. The van der Waals surface area contributed by atoms with Crippen LogP contribution in [-0.2, 0) is 0 Å². The van der Waals surface area contributed by atoms with Crippen LogP contribution in [0.25, 0.3) is 0 Å². The largest absolute Gasteiger partial charge is 0.369 e. The average Bonchev–Trinajstić information content (AvgIpc) is 2.52. The van der Waals surface area contributed by atoms with E-state index < -0.39 is 0 Å². The topological polar surface area (TPSA) is 15.6 Å². The molecule has 1 aliphatic heterocycles. The summed E-state index contributed by atoms with van der Waals surface area (Å²) in [6.07, 6.45) is 3.18. The Labute approximate surface area is 146 Å². The van der Waals surface area contributed by atoms with Gasteiger partial charge < -0.3 is 4.90 Å². The van der Waals surface area contributed by atoms with Gasteiger partial charge in [-0.25, -0.2) is 0 Å². The monoisotopic (exact) mass is 320 g/mol. The number of rotatable bonds is 2. The summed E-state index contributed by atoms with van der Waals surface area (Å²) in [6.45, 7) is 11.3. The van der Waals surface area contributed by atoms with Gasteiger partial charge in [-0.3, -0.25) is 4.99 Å². The first-order chi connectivity index (χ1) is 11.3. The van der Waals surface area contributed by atoms with Crippen molar-refractivity contribution in [3.8, 4) is 0 Å². The van der Waals surface area contributed by atoms with E-state index in [1.165, 1.54) is 34.4 Å². The van der Waals surface area contributed by atoms with Crippen molar-refractivity contribution in [1.29, 1.82) is 0 Å². The molecule has 2 aromatic carbocycles. The van der Waals surface area contributed by atoms with Crippen LogP contribution in [0, 0.1) is 13.8 Å². The molecule has 0 saturated carbocycles. The van der Waals surface area contributed by atoms with Crippen molar-refractivity contribution in [2.24, 2.45) is 4.99 Å². The molecule has 2 aromatic rings. The number of aryl methyl sites for hydroxylation is 2. The van der Waals surface area contributed by atoms with Gasteiger partial charge in [-0.15, -0.1) is 0 Å². The molecule has 0 aromatic heterocycles. The fraction of sp³-hybridized carbons (Fsp3) is 0.409. The van der Waals surface area contributed by atoms with Crippen molar-refractivity contribution < 1.29 is 0 Å². The molecule has 0 N–H and O–H groups in total. The van der Waals surface area contributed by atoms with Gasteiger partial charge in [0.1, 0.15) is 0 Å². The van der Waals surface area contributed by atoms with Gasteiger partial charge in [0.25, 0.3) is 0 Å². The Morgan fingerprint density at radius 3 is 2.46 bits per heavy atom. The lowest BCUT2D eigenvalue weighted by molar-refractivity contribution is 0.395. The summed E-state index contributed by atoms with van der Waals surface area (Å²) in [5.74, 6) is 0.568. The highest BCUT2D eigenvalue weighted by Crippen LogP contribution is 2.43. The minimum atomic E-state index is 0.205. The first-order valence-corrected chi connectivity index (χ1v) is 8.77. The van der Waals surface area contributed by atoms with Crippen molar-refractivity contribution in [3.63, 3.8) is 0 Å². The van der Waals surface area contributed by atoms with Gasteiger partial charge in [-0.1, -0.05) is 24.6 Å². The lowest BCUT2D eigenvalue weighted by Gasteiger charge is -2.45. The molecule has 126 valence electrons. The van der Waals surface area contributed by atoms with E-state index in [1.54, 1.807) is 0 Å². The Morgan fingerprint density at radius 2 is 1.79 bits per heavy atom. The molecule has 2 heteroatoms. The fourth-order valence-corrected chi connectivity index (χ4v) is 3.65. The maximum absolute atomic E-state index is 4.66. The summed E-state index contributed by atoms with van der Waals surface area (Å²) in [7, 11) is 2.21. The van der Waals surface area contributed by atoms with E-state index in [0.29, 0.717) is 5.92 Å². The van der Waals surface area contributed by atoms with E-state index >= 15 is 0 Å². The number of nitrogens with zero attached hydrogens (tertiary/aromatic N) is 2. The van der Waals surface area contributed by atoms with Gasteiger partial charge in [0.15, 0.2) is 0 Å². The number of benzene rings is 2. The Hall–Kier alpha value is -2.09. The lowest BCUT2D eigenvalue weighted by atomic mass is 9.79. The molecule has 0 radical (unpaired) electrons. The summed E-state index contributed by atoms with van der Waals surface area (Å²) >= 11 is 0. The Bertz CT molecular complexity index is 769. The van der Waals surface area contributed by atoms with Crippen LogP contribution < -0.4 is 4.90 Å². The fourth-order valence-electron chi connectivity index (χ4n) is 3.65. The van der Waals surface area contributed by atoms with Gasteiger partial charge >= 0.3 is 0 Å². The zero-order valence-corrected chi connectivity index (χ0v) is 15.7. The second-order valence-electron chi connectivity index (χ2n) is 7.84. The van der Waals surface area contributed by atoms with Crippen molar-refractivity contribution >= 4 is 17.6 Å². The predicted molar refractivity (Wildman–Crippen MR) is 105 cm³/mol. The second-order valence-corrected chi connectivity index (χ2v) is 7.84. The maximum atomic E-state index is 4.66. The molecule has 1 heterocycles. The van der Waals surface area contributed by atoms with Crippen LogP contribution >= 0.6 is 0 Å². The first-order valence-electron chi connectivity index (χ1n) is 8.77. The van der Waals surface area contributed by atoms with Crippen molar-refractivity contribution in [1.82, 2.24) is 0 Å². The minimum Gasteiger partial charge on any atom is -0.369 e. The zero-order chi connectivity index (χ0) is 17.5. The third-order valence-corrected chi connectivity index (χ3v) is 5.41. The number of fused-ring (bicyclic) bond motifs is 1. The predicted octanol–water partition coefficient (Wildman–Crippen LogP) is 5.78. The van der Waals surface area contributed by atoms with Crippen LogP contribution in [0.1, 0.15) is 55.4 Å². The molecular formula is C22H28N2. The molecule has 24 heavy (non-hydrogen) atoms. The van der Waals surface area contributed by atoms with Gasteiger partial charge in [0.05, 0.1) is 5.69 Å². The standard InChI is InChI=1S/C22H28N2/c1-15-7-9-19(10-8-15)23-14-18-12-20-17(3)13-22(4,5)24(6)21(20)11-16(18)2/h7-12,14,17H,13H2,1-6H3. The van der Waals surface area contributed by atoms with Crippen LogP contribution in [-0.4, -0.2) is 18.8 Å². The quantitative estimate of drug-likeness (QED) is 0.641. The van der Waals surface area contributed by atoms with Crippen LogP contribution in [0.2, 0.25) is 0 Å². The molecule has 3 rings (SSSR count). The number of anilines is 1. The van der Waals surface area contributed by atoms with E-state index in [2.05, 4.69) is 88.0 Å². The van der Waals surface area contributed by atoms with Gasteiger partial charge in [0, 0.05) is 24.5 Å². The molecule has 0 spiro atoms. The van der Waals surface area contributed by atoms with E-state index in [-0.39, 0.29) is 5.54 Å². The number of hydrogen-bond donors (Lipinski definition) is 0. The van der Waals surface area contributed by atoms with Crippen LogP contribution in [0.5, 0.6) is 0 Å². The number of hydrogen-bond acceptors (Lipinski definition) is 2. The van der Waals surface area contributed by atoms with Gasteiger partial charge in [0.2, 0.25) is 0 Å². The minimum absolute atomic E-state index is 0.205. The lowest BCUT2D eigenvalue weighted by Crippen LogP contribution is -2.45. The van der Waals surface area contributed by atoms with Gasteiger partial charge in [-0.2, -0.15) is 0 Å². The van der Waals surface area contributed by atoms with Crippen molar-refractivity contribution in [3.05, 3.63) is 58.7 Å². The summed E-state index contributed by atoms with van der Waals surface area (Å²) in [4.78, 5) is 7.09. The van der Waals surface area contributed by atoms with Gasteiger partial charge in [-0.05, 0) is 81.0 Å². The Kier molecular flexibility index (Phi) is 4.25. The highest BCUT2D eigenvalue weighted by Gasteiger charge is 2.34. The molecule has 0 bridgehead atoms. The van der Waals surface area contributed by atoms with Crippen LogP contribution in [0.3, 0.4) is 0 Å². The SMILES string of the molecule is Cc1ccc(N=Cc2cc3c(cc2C)N(C)C(C)(C)CC3C)cc1. The maximum Gasteiger partial charge on any atom is 0.0630 e. The molecule has 1 atom stereocenters. The molecule has 1 unspecified atom stereocenters. The van der Waals surface area contributed by atoms with Crippen molar-refractivity contribution in [2.45, 2.75) is 52.5 Å². The summed E-state index contributed by atoms with van der Waals surface area (Å²) < 4.78 is 0. The summed E-state index contributed by atoms with van der Waals surface area (Å²) in [5.41, 5.74) is 7.77. The molecule has 1 aliphatic rings. The van der Waals surface area contributed by atoms with Crippen LogP contribution in [0.4, 0.5) is 11.4 Å². The number of aliphatic imine (C=N–C) groups is 1. The third-order valence-electron chi connectivity index (χ3n) is 5.41. The van der Waals surface area contributed by atoms with E-state index in [0.717, 1.165) is 5.69 Å². The highest BCUT2D eigenvalue weighted by molar-refractivity contribution is 5.86. The smallest absolute Gasteiger partial charge is 0.0630 e. The third kappa shape index (κ3) is 3.10. The van der Waals surface area contributed by atoms with E-state index in [1.807, 2.05) is 6.21 Å². The summed E-state index contributed by atoms with van der Waals surface area (Å²) in [5, 5.41) is 0. The average molecular weight is 320 g/mol. The molecule has 0 amide bonds. The second kappa shape index (κ2) is 6.08.